The number of aryl methyl sites for hydroxylation is 1. The minimum atomic E-state index is -0.602. The van der Waals surface area contributed by atoms with Gasteiger partial charge in [0.1, 0.15) is 5.82 Å². The molecule has 0 spiro atoms. The number of pyridine rings is 1. The van der Waals surface area contributed by atoms with E-state index in [4.69, 9.17) is 0 Å². The van der Waals surface area contributed by atoms with Gasteiger partial charge in [0, 0.05) is 35.9 Å². The van der Waals surface area contributed by atoms with Crippen LogP contribution in [0.2, 0.25) is 0 Å². The number of halogens is 1. The summed E-state index contributed by atoms with van der Waals surface area (Å²) >= 11 is 0. The van der Waals surface area contributed by atoms with Crippen molar-refractivity contribution in [3.8, 4) is 11.1 Å². The third-order valence-electron chi connectivity index (χ3n) is 4.26. The molecule has 1 fully saturated rings. The van der Waals surface area contributed by atoms with Crippen molar-refractivity contribution < 1.29 is 9.18 Å². The summed E-state index contributed by atoms with van der Waals surface area (Å²) in [6, 6.07) is 9.69. The van der Waals surface area contributed by atoms with E-state index in [0.717, 1.165) is 11.3 Å². The van der Waals surface area contributed by atoms with E-state index in [0.29, 0.717) is 17.4 Å². The van der Waals surface area contributed by atoms with E-state index in [1.165, 1.54) is 31.3 Å². The molecular formula is C20H18FN5O. The average molecular weight is 363 g/mol. The topological polar surface area (TPSA) is 79.8 Å². The monoisotopic (exact) mass is 363 g/mol. The number of aromatic nitrogens is 3. The highest BCUT2D eigenvalue weighted by Gasteiger charge is 2.20. The zero-order valence-corrected chi connectivity index (χ0v) is 14.7. The van der Waals surface area contributed by atoms with Crippen LogP contribution in [0.4, 0.5) is 15.9 Å². The van der Waals surface area contributed by atoms with E-state index in [1.807, 2.05) is 24.3 Å². The van der Waals surface area contributed by atoms with Gasteiger partial charge in [0.15, 0.2) is 11.6 Å². The normalized spacial score (nSPS) is 13.3. The van der Waals surface area contributed by atoms with Crippen molar-refractivity contribution in [3.05, 3.63) is 66.1 Å². The van der Waals surface area contributed by atoms with Gasteiger partial charge in [-0.05, 0) is 43.5 Å². The van der Waals surface area contributed by atoms with Gasteiger partial charge in [0.05, 0.1) is 5.56 Å². The van der Waals surface area contributed by atoms with E-state index < -0.39 is 11.7 Å². The second-order valence-corrected chi connectivity index (χ2v) is 6.53. The molecule has 1 aromatic carbocycles. The molecule has 1 aliphatic carbocycles. The number of benzene rings is 1. The van der Waals surface area contributed by atoms with Gasteiger partial charge in [-0.2, -0.15) is 0 Å². The number of carbonyl (C=O) groups is 1. The molecule has 0 unspecified atom stereocenters. The van der Waals surface area contributed by atoms with Crippen molar-refractivity contribution in [2.45, 2.75) is 25.8 Å². The van der Waals surface area contributed by atoms with Crippen LogP contribution in [0.25, 0.3) is 11.1 Å². The Morgan fingerprint density at radius 1 is 1.07 bits per heavy atom. The fraction of sp³-hybridized carbons (Fsp3) is 0.200. The number of hydrogen-bond donors (Lipinski definition) is 2. The molecule has 0 bridgehead atoms. The summed E-state index contributed by atoms with van der Waals surface area (Å²) < 4.78 is 14.5. The summed E-state index contributed by atoms with van der Waals surface area (Å²) in [5.41, 5.74) is 2.75. The largest absolute Gasteiger partial charge is 0.382 e. The number of amides is 1. The number of hydrogen-bond acceptors (Lipinski definition) is 5. The minimum Gasteiger partial charge on any atom is -0.382 e. The Morgan fingerprint density at radius 2 is 1.85 bits per heavy atom. The lowest BCUT2D eigenvalue weighted by Crippen LogP contribution is -2.15. The lowest BCUT2D eigenvalue weighted by molar-refractivity contribution is 0.102. The Kier molecular flexibility index (Phi) is 4.50. The molecule has 0 saturated heterocycles. The Morgan fingerprint density at radius 3 is 2.56 bits per heavy atom. The van der Waals surface area contributed by atoms with Gasteiger partial charge < -0.3 is 10.6 Å². The first-order valence-corrected chi connectivity index (χ1v) is 8.71. The van der Waals surface area contributed by atoms with Crippen molar-refractivity contribution >= 4 is 17.4 Å². The van der Waals surface area contributed by atoms with E-state index >= 15 is 0 Å². The number of carbonyl (C=O) groups excluding carboxylic acids is 1. The molecule has 0 atom stereocenters. The first kappa shape index (κ1) is 17.1. The summed E-state index contributed by atoms with van der Waals surface area (Å²) in [5.74, 6) is -0.686. The molecule has 136 valence electrons. The summed E-state index contributed by atoms with van der Waals surface area (Å²) in [6.45, 7) is 1.72. The smallest absolute Gasteiger partial charge is 0.260 e. The number of nitrogens with one attached hydrogen (secondary N) is 2. The Labute approximate surface area is 155 Å². The fourth-order valence-electron chi connectivity index (χ4n) is 2.63. The van der Waals surface area contributed by atoms with Crippen molar-refractivity contribution in [1.82, 2.24) is 15.0 Å². The van der Waals surface area contributed by atoms with Gasteiger partial charge in [-0.15, -0.1) is 0 Å². The summed E-state index contributed by atoms with van der Waals surface area (Å²) in [7, 11) is 0. The Balaban J connectivity index is 1.52. The quantitative estimate of drug-likeness (QED) is 0.720. The maximum atomic E-state index is 14.5. The summed E-state index contributed by atoms with van der Waals surface area (Å²) in [4.78, 5) is 24.2. The van der Waals surface area contributed by atoms with Gasteiger partial charge in [0.25, 0.3) is 5.91 Å². The predicted molar refractivity (Wildman–Crippen MR) is 101 cm³/mol. The van der Waals surface area contributed by atoms with Crippen LogP contribution in [0.1, 0.15) is 29.0 Å². The minimum absolute atomic E-state index is 0.128. The molecular weight excluding hydrogens is 345 g/mol. The van der Waals surface area contributed by atoms with Crippen molar-refractivity contribution in [2.75, 3.05) is 10.6 Å². The van der Waals surface area contributed by atoms with Crippen molar-refractivity contribution in [2.24, 2.45) is 0 Å². The van der Waals surface area contributed by atoms with Gasteiger partial charge in [-0.25, -0.2) is 19.3 Å². The predicted octanol–water partition coefficient (Wildman–Crippen LogP) is 3.81. The molecule has 4 rings (SSSR count). The third kappa shape index (κ3) is 4.08. The summed E-state index contributed by atoms with van der Waals surface area (Å²) in [5, 5.41) is 5.87. The first-order chi connectivity index (χ1) is 13.1. The molecule has 2 aromatic heterocycles. The molecule has 6 nitrogen and oxygen atoms in total. The Bertz CT molecular complexity index is 986. The lowest BCUT2D eigenvalue weighted by Gasteiger charge is -2.09. The third-order valence-corrected chi connectivity index (χ3v) is 4.26. The van der Waals surface area contributed by atoms with Crippen LogP contribution in [0.15, 0.2) is 48.9 Å². The van der Waals surface area contributed by atoms with Crippen LogP contribution >= 0.6 is 0 Å². The van der Waals surface area contributed by atoms with Gasteiger partial charge >= 0.3 is 0 Å². The molecule has 0 aliphatic heterocycles. The molecule has 1 saturated carbocycles. The Hall–Kier alpha value is -3.35. The van der Waals surface area contributed by atoms with E-state index in [-0.39, 0.29) is 11.4 Å². The maximum Gasteiger partial charge on any atom is 0.260 e. The van der Waals surface area contributed by atoms with Crippen LogP contribution in [0.5, 0.6) is 0 Å². The first-order valence-electron chi connectivity index (χ1n) is 8.71. The standard InChI is InChI=1S/C20H18FN5O/c1-12-22-10-15(11-23-12)20(27)26-19-18(21)8-14(9-24-19)13-3-2-4-17(7-13)25-16-5-6-16/h2-4,7-11,16,25H,5-6H2,1H3,(H,24,26,27). The molecule has 2 heterocycles. The van der Waals surface area contributed by atoms with Crippen LogP contribution < -0.4 is 10.6 Å². The maximum absolute atomic E-state index is 14.5. The highest BCUT2D eigenvalue weighted by Crippen LogP contribution is 2.28. The van der Waals surface area contributed by atoms with E-state index in [2.05, 4.69) is 25.6 Å². The molecule has 27 heavy (non-hydrogen) atoms. The second-order valence-electron chi connectivity index (χ2n) is 6.53. The van der Waals surface area contributed by atoms with Gasteiger partial charge in [-0.3, -0.25) is 4.79 Å². The highest BCUT2D eigenvalue weighted by molar-refractivity contribution is 6.03. The molecule has 7 heteroatoms. The number of nitrogens with zero attached hydrogens (tertiary/aromatic N) is 3. The zero-order valence-electron chi connectivity index (χ0n) is 14.7. The molecule has 1 aliphatic rings. The fourth-order valence-corrected chi connectivity index (χ4v) is 2.63. The van der Waals surface area contributed by atoms with Crippen LogP contribution in [-0.2, 0) is 0 Å². The van der Waals surface area contributed by atoms with E-state index in [9.17, 15) is 9.18 Å². The van der Waals surface area contributed by atoms with E-state index in [1.54, 1.807) is 13.1 Å². The zero-order chi connectivity index (χ0) is 18.8. The van der Waals surface area contributed by atoms with Crippen LogP contribution in [0.3, 0.4) is 0 Å². The lowest BCUT2D eigenvalue weighted by atomic mass is 10.1. The average Bonchev–Trinajstić information content (AvgIpc) is 3.48. The van der Waals surface area contributed by atoms with Crippen molar-refractivity contribution in [3.63, 3.8) is 0 Å². The van der Waals surface area contributed by atoms with Crippen molar-refractivity contribution in [1.29, 1.82) is 0 Å². The van der Waals surface area contributed by atoms with Crippen LogP contribution in [0, 0.1) is 12.7 Å². The molecule has 2 N–H and O–H groups in total. The van der Waals surface area contributed by atoms with Gasteiger partial charge in [-0.1, -0.05) is 12.1 Å². The second kappa shape index (κ2) is 7.11. The highest BCUT2D eigenvalue weighted by atomic mass is 19.1. The summed E-state index contributed by atoms with van der Waals surface area (Å²) in [6.07, 6.45) is 6.69. The number of rotatable bonds is 5. The number of anilines is 2. The SMILES string of the molecule is Cc1ncc(C(=O)Nc2ncc(-c3cccc(NC4CC4)c3)cc2F)cn1. The molecule has 0 radical (unpaired) electrons. The van der Waals surface area contributed by atoms with Crippen LogP contribution in [-0.4, -0.2) is 26.9 Å². The molecule has 3 aromatic rings. The molecule has 1 amide bonds. The van der Waals surface area contributed by atoms with Gasteiger partial charge in [0.2, 0.25) is 0 Å².